The molecule has 1 heterocycles. The van der Waals surface area contributed by atoms with Gasteiger partial charge in [-0.05, 0) is 25.2 Å². The van der Waals surface area contributed by atoms with E-state index in [4.69, 9.17) is 4.42 Å². The lowest BCUT2D eigenvalue weighted by atomic mass is 9.86. The van der Waals surface area contributed by atoms with Gasteiger partial charge in [0.2, 0.25) is 5.91 Å². The number of ether oxygens (including phenoxy) is 1. The maximum absolute atomic E-state index is 12.7. The van der Waals surface area contributed by atoms with Crippen molar-refractivity contribution in [2.75, 3.05) is 7.11 Å². The maximum Gasteiger partial charge on any atom is 0.360 e. The number of carbonyl (C=O) groups is 2. The number of amides is 1. The molecular formula is C24H32N2O5. The van der Waals surface area contributed by atoms with Crippen LogP contribution in [-0.2, 0) is 21.7 Å². The third kappa shape index (κ3) is 6.66. The van der Waals surface area contributed by atoms with E-state index in [0.29, 0.717) is 43.1 Å². The highest BCUT2D eigenvalue weighted by Gasteiger charge is 2.31. The smallest absolute Gasteiger partial charge is 0.360 e. The van der Waals surface area contributed by atoms with Crippen LogP contribution in [-0.4, -0.2) is 29.1 Å². The van der Waals surface area contributed by atoms with Crippen molar-refractivity contribution in [1.29, 1.82) is 0 Å². The molecule has 1 aromatic heterocycles. The predicted octanol–water partition coefficient (Wildman–Crippen LogP) is 4.11. The van der Waals surface area contributed by atoms with Crippen LogP contribution in [0.4, 0.5) is 0 Å². The summed E-state index contributed by atoms with van der Waals surface area (Å²) in [4.78, 5) is 28.3. The first-order valence-corrected chi connectivity index (χ1v) is 11.1. The highest BCUT2D eigenvalue weighted by Crippen LogP contribution is 2.28. The standard InChI is InChI=1S/C24H32N2O5/c1-30-23(28)20-17-31-22(25-20)13-8-16-24(29,19-11-6-3-7-12-19)26-21(27)15-14-18-9-4-2-5-10-18/h3,6-7,11-12,17-18,29H,2,4-5,8-10,13-16H2,1H3,(H,26,27). The van der Waals surface area contributed by atoms with Crippen molar-refractivity contribution < 1.29 is 23.8 Å². The number of nitrogens with zero attached hydrogens (tertiary/aromatic N) is 1. The van der Waals surface area contributed by atoms with Crippen LogP contribution in [0.15, 0.2) is 41.0 Å². The van der Waals surface area contributed by atoms with Gasteiger partial charge in [-0.25, -0.2) is 9.78 Å². The van der Waals surface area contributed by atoms with E-state index in [1.54, 1.807) is 0 Å². The molecule has 2 N–H and O–H groups in total. The molecule has 3 rings (SSSR count). The molecular weight excluding hydrogens is 396 g/mol. The number of aryl methyl sites for hydroxylation is 1. The highest BCUT2D eigenvalue weighted by molar-refractivity contribution is 5.86. The number of methoxy groups -OCH3 is 1. The fourth-order valence-electron chi connectivity index (χ4n) is 4.22. The second-order valence-electron chi connectivity index (χ2n) is 8.29. The number of carbonyl (C=O) groups excluding carboxylic acids is 2. The van der Waals surface area contributed by atoms with Gasteiger partial charge >= 0.3 is 5.97 Å². The van der Waals surface area contributed by atoms with E-state index in [2.05, 4.69) is 15.0 Å². The monoisotopic (exact) mass is 428 g/mol. The van der Waals surface area contributed by atoms with Crippen LogP contribution in [0, 0.1) is 5.92 Å². The number of aliphatic hydroxyl groups is 1. The van der Waals surface area contributed by atoms with Crippen LogP contribution >= 0.6 is 0 Å². The van der Waals surface area contributed by atoms with E-state index in [1.165, 1.54) is 45.5 Å². The van der Waals surface area contributed by atoms with Gasteiger partial charge in [-0.2, -0.15) is 0 Å². The normalized spacial score (nSPS) is 16.5. The Bertz CT molecular complexity index is 845. The summed E-state index contributed by atoms with van der Waals surface area (Å²) in [5.74, 6) is 0.305. The summed E-state index contributed by atoms with van der Waals surface area (Å²) in [6.07, 6.45) is 9.95. The fourth-order valence-corrected chi connectivity index (χ4v) is 4.22. The number of nitrogens with one attached hydrogen (secondary N) is 1. The van der Waals surface area contributed by atoms with Gasteiger partial charge in [0.1, 0.15) is 6.26 Å². The zero-order valence-corrected chi connectivity index (χ0v) is 18.1. The van der Waals surface area contributed by atoms with Crippen molar-refractivity contribution in [2.24, 2.45) is 5.92 Å². The molecule has 7 nitrogen and oxygen atoms in total. The third-order valence-corrected chi connectivity index (χ3v) is 5.98. The maximum atomic E-state index is 12.7. The van der Waals surface area contributed by atoms with Crippen molar-refractivity contribution >= 4 is 11.9 Å². The summed E-state index contributed by atoms with van der Waals surface area (Å²) >= 11 is 0. The second-order valence-corrected chi connectivity index (χ2v) is 8.29. The Kier molecular flexibility index (Phi) is 8.23. The molecule has 0 spiro atoms. The van der Waals surface area contributed by atoms with E-state index in [0.717, 1.165) is 6.42 Å². The molecule has 1 atom stereocenters. The number of aromatic nitrogens is 1. The van der Waals surface area contributed by atoms with Crippen molar-refractivity contribution in [3.05, 3.63) is 53.7 Å². The van der Waals surface area contributed by atoms with Gasteiger partial charge in [0, 0.05) is 18.4 Å². The molecule has 1 saturated carbocycles. The first kappa shape index (κ1) is 23.0. The summed E-state index contributed by atoms with van der Waals surface area (Å²) in [5, 5.41) is 14.2. The summed E-state index contributed by atoms with van der Waals surface area (Å²) in [5.41, 5.74) is -0.710. The topological polar surface area (TPSA) is 102 Å². The Hall–Kier alpha value is -2.67. The van der Waals surface area contributed by atoms with Gasteiger partial charge in [-0.3, -0.25) is 4.79 Å². The second kappa shape index (κ2) is 11.1. The van der Waals surface area contributed by atoms with E-state index < -0.39 is 11.7 Å². The van der Waals surface area contributed by atoms with E-state index >= 15 is 0 Å². The molecule has 0 aliphatic heterocycles. The molecule has 0 saturated heterocycles. The van der Waals surface area contributed by atoms with Gasteiger partial charge in [0.15, 0.2) is 17.3 Å². The molecule has 1 fully saturated rings. The number of oxazole rings is 1. The average molecular weight is 429 g/mol. The molecule has 7 heteroatoms. The quantitative estimate of drug-likeness (QED) is 0.436. The van der Waals surface area contributed by atoms with Crippen LogP contribution in [0.2, 0.25) is 0 Å². The van der Waals surface area contributed by atoms with E-state index in [9.17, 15) is 14.7 Å². The van der Waals surface area contributed by atoms with Gasteiger partial charge in [0.05, 0.1) is 7.11 Å². The van der Waals surface area contributed by atoms with E-state index in [1.807, 2.05) is 30.3 Å². The van der Waals surface area contributed by atoms with Crippen LogP contribution in [0.25, 0.3) is 0 Å². The molecule has 2 aromatic rings. The lowest BCUT2D eigenvalue weighted by Crippen LogP contribution is -2.46. The molecule has 31 heavy (non-hydrogen) atoms. The third-order valence-electron chi connectivity index (χ3n) is 5.98. The van der Waals surface area contributed by atoms with Crippen molar-refractivity contribution in [3.8, 4) is 0 Å². The molecule has 0 bridgehead atoms. The van der Waals surface area contributed by atoms with Gasteiger partial charge in [0.25, 0.3) is 0 Å². The molecule has 0 radical (unpaired) electrons. The Labute approximate surface area is 183 Å². The minimum atomic E-state index is -1.47. The van der Waals surface area contributed by atoms with Gasteiger partial charge < -0.3 is 19.6 Å². The van der Waals surface area contributed by atoms with Crippen molar-refractivity contribution in [2.45, 2.75) is 69.9 Å². The first-order valence-electron chi connectivity index (χ1n) is 11.1. The van der Waals surface area contributed by atoms with Crippen LogP contribution < -0.4 is 5.32 Å². The number of hydrogen-bond donors (Lipinski definition) is 2. The SMILES string of the molecule is COC(=O)c1coc(CCCC(O)(NC(=O)CCC2CCCCC2)c2ccccc2)n1. The van der Waals surface area contributed by atoms with Crippen LogP contribution in [0.5, 0.6) is 0 Å². The molecule has 1 aliphatic carbocycles. The number of hydrogen-bond acceptors (Lipinski definition) is 6. The zero-order chi connectivity index (χ0) is 22.1. The van der Waals surface area contributed by atoms with Gasteiger partial charge in [-0.1, -0.05) is 62.4 Å². The van der Waals surface area contributed by atoms with Gasteiger partial charge in [-0.15, -0.1) is 0 Å². The lowest BCUT2D eigenvalue weighted by Gasteiger charge is -2.30. The van der Waals surface area contributed by atoms with Crippen LogP contribution in [0.3, 0.4) is 0 Å². The number of esters is 1. The van der Waals surface area contributed by atoms with Crippen LogP contribution in [0.1, 0.15) is 79.7 Å². The van der Waals surface area contributed by atoms with Crippen molar-refractivity contribution in [3.63, 3.8) is 0 Å². The fraction of sp³-hybridized carbons (Fsp3) is 0.542. The Morgan fingerprint density at radius 3 is 2.68 bits per heavy atom. The average Bonchev–Trinajstić information content (AvgIpc) is 3.27. The molecule has 1 unspecified atom stereocenters. The molecule has 1 amide bonds. The first-order chi connectivity index (χ1) is 15.0. The largest absolute Gasteiger partial charge is 0.464 e. The zero-order valence-electron chi connectivity index (χ0n) is 18.1. The summed E-state index contributed by atoms with van der Waals surface area (Å²) in [7, 11) is 1.29. The lowest BCUT2D eigenvalue weighted by molar-refractivity contribution is -0.130. The minimum absolute atomic E-state index is 0.117. The summed E-state index contributed by atoms with van der Waals surface area (Å²) in [6.45, 7) is 0. The highest BCUT2D eigenvalue weighted by atomic mass is 16.5. The van der Waals surface area contributed by atoms with E-state index in [-0.39, 0.29) is 11.6 Å². The van der Waals surface area contributed by atoms with Crippen molar-refractivity contribution in [1.82, 2.24) is 10.3 Å². The molecule has 1 aromatic carbocycles. The minimum Gasteiger partial charge on any atom is -0.464 e. The Morgan fingerprint density at radius 1 is 1.23 bits per heavy atom. The molecule has 1 aliphatic rings. The number of rotatable bonds is 10. The summed E-state index contributed by atoms with van der Waals surface area (Å²) in [6, 6.07) is 9.16. The number of benzene rings is 1. The Morgan fingerprint density at radius 2 is 1.97 bits per heavy atom. The summed E-state index contributed by atoms with van der Waals surface area (Å²) < 4.78 is 9.94. The Balaban J connectivity index is 1.58. The predicted molar refractivity (Wildman–Crippen MR) is 115 cm³/mol. The molecule has 168 valence electrons.